The summed E-state index contributed by atoms with van der Waals surface area (Å²) in [5.41, 5.74) is 2.84. The molecule has 0 saturated heterocycles. The molecule has 0 amide bonds. The predicted octanol–water partition coefficient (Wildman–Crippen LogP) is 2.32. The van der Waals surface area contributed by atoms with Gasteiger partial charge in [0.2, 0.25) is 0 Å². The zero-order valence-corrected chi connectivity index (χ0v) is 11.3. The van der Waals surface area contributed by atoms with Crippen molar-refractivity contribution in [1.82, 2.24) is 0 Å². The summed E-state index contributed by atoms with van der Waals surface area (Å²) >= 11 is 0. The Morgan fingerprint density at radius 1 is 0.733 bits per heavy atom. The van der Waals surface area contributed by atoms with E-state index in [4.69, 9.17) is 0 Å². The zero-order chi connectivity index (χ0) is 10.7. The molecule has 0 aromatic heterocycles. The van der Waals surface area contributed by atoms with Crippen LogP contribution in [0.2, 0.25) is 0 Å². The number of benzene rings is 2. The van der Waals surface area contributed by atoms with E-state index >= 15 is 0 Å². The van der Waals surface area contributed by atoms with Crippen molar-refractivity contribution in [2.75, 3.05) is 0 Å². The highest BCUT2D eigenvalue weighted by atomic mass is 28.1. The van der Waals surface area contributed by atoms with Gasteiger partial charge in [-0.05, 0) is 11.1 Å². The quantitative estimate of drug-likeness (QED) is 0.670. The van der Waals surface area contributed by atoms with E-state index in [-0.39, 0.29) is 5.04 Å². The van der Waals surface area contributed by atoms with E-state index in [1.165, 1.54) is 11.1 Å². The monoisotopic (exact) mass is 212 g/mol. The van der Waals surface area contributed by atoms with Crippen LogP contribution in [0.4, 0.5) is 0 Å². The smallest absolute Gasteiger partial charge is 0.0214 e. The summed E-state index contributed by atoms with van der Waals surface area (Å²) in [6.07, 6.45) is 0. The predicted molar refractivity (Wildman–Crippen MR) is 69.3 cm³/mol. The maximum Gasteiger partial charge on any atom is 0.0214 e. The van der Waals surface area contributed by atoms with Crippen LogP contribution in [0, 0.1) is 0 Å². The summed E-state index contributed by atoms with van der Waals surface area (Å²) in [7, 11) is 1.12. The highest BCUT2D eigenvalue weighted by Gasteiger charge is 2.21. The highest BCUT2D eigenvalue weighted by Crippen LogP contribution is 2.27. The van der Waals surface area contributed by atoms with E-state index in [1.54, 1.807) is 0 Å². The molecular weight excluding hydrogens is 196 g/mol. The Kier molecular flexibility index (Phi) is 2.74. The Bertz CT molecular complexity index is 376. The SMILES string of the molecule is CC([SiH3])(c1ccccc1)c1ccccc1. The fourth-order valence-corrected chi connectivity index (χ4v) is 2.54. The fourth-order valence-electron chi connectivity index (χ4n) is 1.88. The van der Waals surface area contributed by atoms with Crippen LogP contribution in [0.3, 0.4) is 0 Å². The minimum Gasteiger partial charge on any atom is -0.0622 e. The second kappa shape index (κ2) is 4.03. The van der Waals surface area contributed by atoms with Gasteiger partial charge in [-0.15, -0.1) is 0 Å². The van der Waals surface area contributed by atoms with Crippen LogP contribution in [-0.2, 0) is 5.04 Å². The first-order valence-electron chi connectivity index (χ1n) is 5.32. The van der Waals surface area contributed by atoms with Crippen molar-refractivity contribution < 1.29 is 0 Å². The van der Waals surface area contributed by atoms with Crippen molar-refractivity contribution in [3.8, 4) is 0 Å². The van der Waals surface area contributed by atoms with E-state index in [1.807, 2.05) is 0 Å². The molecule has 0 nitrogen and oxygen atoms in total. The average molecular weight is 212 g/mol. The lowest BCUT2D eigenvalue weighted by molar-refractivity contribution is 0.820. The lowest BCUT2D eigenvalue weighted by Crippen LogP contribution is -2.23. The van der Waals surface area contributed by atoms with Gasteiger partial charge < -0.3 is 0 Å². The van der Waals surface area contributed by atoms with E-state index in [9.17, 15) is 0 Å². The number of hydrogen-bond acceptors (Lipinski definition) is 0. The summed E-state index contributed by atoms with van der Waals surface area (Å²) in [5, 5.41) is 0.225. The number of hydrogen-bond donors (Lipinski definition) is 0. The first kappa shape index (κ1) is 10.2. The van der Waals surface area contributed by atoms with Gasteiger partial charge in [0.1, 0.15) is 0 Å². The second-order valence-electron chi connectivity index (χ2n) is 4.36. The molecule has 1 heteroatoms. The van der Waals surface area contributed by atoms with Crippen LogP contribution in [0.1, 0.15) is 18.1 Å². The Morgan fingerprint density at radius 2 is 1.07 bits per heavy atom. The summed E-state index contributed by atoms with van der Waals surface area (Å²) in [6.45, 7) is 2.32. The van der Waals surface area contributed by atoms with Crippen molar-refractivity contribution in [3.63, 3.8) is 0 Å². The van der Waals surface area contributed by atoms with Gasteiger partial charge >= 0.3 is 0 Å². The van der Waals surface area contributed by atoms with E-state index < -0.39 is 0 Å². The van der Waals surface area contributed by atoms with Gasteiger partial charge in [0.15, 0.2) is 0 Å². The minimum atomic E-state index is 0.225. The maximum atomic E-state index is 2.32. The third-order valence-corrected chi connectivity index (χ3v) is 4.15. The van der Waals surface area contributed by atoms with Crippen molar-refractivity contribution in [3.05, 3.63) is 71.8 Å². The molecule has 0 saturated carbocycles. The molecule has 0 radical (unpaired) electrons. The van der Waals surface area contributed by atoms with Crippen molar-refractivity contribution in [2.45, 2.75) is 12.0 Å². The molecule has 15 heavy (non-hydrogen) atoms. The maximum absolute atomic E-state index is 2.32. The zero-order valence-electron chi connectivity index (χ0n) is 9.27. The third-order valence-electron chi connectivity index (χ3n) is 2.99. The summed E-state index contributed by atoms with van der Waals surface area (Å²) < 4.78 is 0. The summed E-state index contributed by atoms with van der Waals surface area (Å²) in [4.78, 5) is 0. The Morgan fingerprint density at radius 3 is 1.40 bits per heavy atom. The molecule has 76 valence electrons. The fraction of sp³-hybridized carbons (Fsp3) is 0.143. The molecule has 2 aromatic carbocycles. The first-order valence-corrected chi connectivity index (χ1v) is 6.32. The van der Waals surface area contributed by atoms with Gasteiger partial charge in [0, 0.05) is 15.3 Å². The summed E-state index contributed by atoms with van der Waals surface area (Å²) in [6, 6.07) is 21.5. The van der Waals surface area contributed by atoms with E-state index in [2.05, 4.69) is 67.6 Å². The molecule has 0 atom stereocenters. The molecule has 0 aliphatic rings. The molecule has 2 rings (SSSR count). The van der Waals surface area contributed by atoms with Gasteiger partial charge in [-0.2, -0.15) is 0 Å². The Hall–Kier alpha value is -1.34. The highest BCUT2D eigenvalue weighted by molar-refractivity contribution is 6.17. The van der Waals surface area contributed by atoms with Gasteiger partial charge in [-0.1, -0.05) is 67.6 Å². The molecule has 0 bridgehead atoms. The van der Waals surface area contributed by atoms with Crippen LogP contribution >= 0.6 is 0 Å². The lowest BCUT2D eigenvalue weighted by Gasteiger charge is -2.26. The molecule has 0 fully saturated rings. The molecule has 0 unspecified atom stereocenters. The molecule has 0 aliphatic carbocycles. The largest absolute Gasteiger partial charge is 0.0622 e. The topological polar surface area (TPSA) is 0 Å². The van der Waals surface area contributed by atoms with Crippen molar-refractivity contribution in [1.29, 1.82) is 0 Å². The van der Waals surface area contributed by atoms with Crippen molar-refractivity contribution >= 4 is 10.2 Å². The Labute approximate surface area is 94.4 Å². The minimum absolute atomic E-state index is 0.225. The van der Waals surface area contributed by atoms with Crippen LogP contribution in [-0.4, -0.2) is 10.2 Å². The molecule has 0 spiro atoms. The standard InChI is InChI=1S/C14H16Si/c1-14(15,12-8-4-2-5-9-12)13-10-6-3-7-11-13/h2-11H,1,15H3. The normalized spacial score (nSPS) is 11.5. The van der Waals surface area contributed by atoms with E-state index in [0.29, 0.717) is 0 Å². The molecule has 0 aliphatic heterocycles. The molecule has 0 heterocycles. The summed E-state index contributed by atoms with van der Waals surface area (Å²) in [5.74, 6) is 0. The molecular formula is C14H16Si. The van der Waals surface area contributed by atoms with Crippen LogP contribution in [0.5, 0.6) is 0 Å². The van der Waals surface area contributed by atoms with Crippen molar-refractivity contribution in [2.24, 2.45) is 0 Å². The van der Waals surface area contributed by atoms with Gasteiger partial charge in [0.25, 0.3) is 0 Å². The first-order chi connectivity index (χ1) is 7.21. The Balaban J connectivity index is 2.44. The van der Waals surface area contributed by atoms with Crippen LogP contribution < -0.4 is 0 Å². The lowest BCUT2D eigenvalue weighted by atomic mass is 9.92. The van der Waals surface area contributed by atoms with E-state index in [0.717, 1.165) is 10.2 Å². The molecule has 2 aromatic rings. The van der Waals surface area contributed by atoms with Gasteiger partial charge in [-0.25, -0.2) is 0 Å². The molecule has 0 N–H and O–H groups in total. The van der Waals surface area contributed by atoms with Gasteiger partial charge in [0.05, 0.1) is 0 Å². The average Bonchev–Trinajstić information content (AvgIpc) is 2.31. The third kappa shape index (κ3) is 2.02. The van der Waals surface area contributed by atoms with Crippen LogP contribution in [0.25, 0.3) is 0 Å². The van der Waals surface area contributed by atoms with Crippen LogP contribution in [0.15, 0.2) is 60.7 Å². The number of rotatable bonds is 2. The second-order valence-corrected chi connectivity index (χ2v) is 6.36. The van der Waals surface area contributed by atoms with Gasteiger partial charge in [-0.3, -0.25) is 0 Å².